The fourth-order valence-electron chi connectivity index (χ4n) is 1.67. The molecule has 0 fully saturated rings. The lowest BCUT2D eigenvalue weighted by atomic mass is 10.2. The monoisotopic (exact) mass is 220 g/mol. The van der Waals surface area contributed by atoms with Gasteiger partial charge in [-0.25, -0.2) is 9.78 Å². The zero-order valence-electron chi connectivity index (χ0n) is 9.10. The molecule has 5 heteroatoms. The Bertz CT molecular complexity index is 545. The first-order valence-electron chi connectivity index (χ1n) is 4.95. The van der Waals surface area contributed by atoms with Crippen LogP contribution in [0.15, 0.2) is 18.3 Å². The molecule has 16 heavy (non-hydrogen) atoms. The van der Waals surface area contributed by atoms with Crippen molar-refractivity contribution >= 4 is 11.6 Å². The van der Waals surface area contributed by atoms with Gasteiger partial charge in [-0.3, -0.25) is 4.40 Å². The molecule has 0 aliphatic heterocycles. The quantitative estimate of drug-likeness (QED) is 0.853. The fourth-order valence-corrected chi connectivity index (χ4v) is 1.67. The molecule has 0 spiro atoms. The highest BCUT2D eigenvalue weighted by molar-refractivity contribution is 5.88. The van der Waals surface area contributed by atoms with Crippen molar-refractivity contribution in [2.45, 2.75) is 13.3 Å². The second kappa shape index (κ2) is 3.84. The van der Waals surface area contributed by atoms with Gasteiger partial charge < -0.3 is 9.84 Å². The Morgan fingerprint density at radius 3 is 2.88 bits per heavy atom. The molecular formula is C11H12N2O3. The molecule has 0 bridgehead atoms. The summed E-state index contributed by atoms with van der Waals surface area (Å²) >= 11 is 0. The molecule has 2 heterocycles. The van der Waals surface area contributed by atoms with Crippen LogP contribution in [0.25, 0.3) is 5.65 Å². The molecule has 0 aromatic carbocycles. The zero-order chi connectivity index (χ0) is 11.7. The van der Waals surface area contributed by atoms with Crippen molar-refractivity contribution in [3.8, 4) is 5.75 Å². The molecule has 0 aliphatic carbocycles. The van der Waals surface area contributed by atoms with Crippen molar-refractivity contribution in [2.24, 2.45) is 0 Å². The molecule has 0 radical (unpaired) electrons. The Balaban J connectivity index is 2.75. The third kappa shape index (κ3) is 1.50. The van der Waals surface area contributed by atoms with E-state index in [0.29, 0.717) is 23.5 Å². The van der Waals surface area contributed by atoms with Gasteiger partial charge in [-0.1, -0.05) is 6.92 Å². The highest BCUT2D eigenvalue weighted by Crippen LogP contribution is 2.18. The van der Waals surface area contributed by atoms with Gasteiger partial charge in [0, 0.05) is 0 Å². The summed E-state index contributed by atoms with van der Waals surface area (Å²) < 4.78 is 6.60. The van der Waals surface area contributed by atoms with E-state index in [0.717, 1.165) is 0 Å². The second-order valence-corrected chi connectivity index (χ2v) is 3.36. The second-order valence-electron chi connectivity index (χ2n) is 3.36. The number of carboxylic acid groups (broad SMARTS) is 1. The number of aromatic carboxylic acids is 1. The standard InChI is InChI=1S/C11H12N2O3/c1-3-8-10(11(14)15)13-6-7(16-2)4-5-9(13)12-8/h4-6H,3H2,1-2H3,(H,14,15). The number of fused-ring (bicyclic) bond motifs is 1. The topological polar surface area (TPSA) is 63.8 Å². The van der Waals surface area contributed by atoms with Crippen LogP contribution >= 0.6 is 0 Å². The van der Waals surface area contributed by atoms with E-state index < -0.39 is 5.97 Å². The minimum absolute atomic E-state index is 0.205. The van der Waals surface area contributed by atoms with E-state index in [1.54, 1.807) is 29.8 Å². The zero-order valence-corrected chi connectivity index (χ0v) is 9.10. The average molecular weight is 220 g/mol. The normalized spacial score (nSPS) is 10.6. The van der Waals surface area contributed by atoms with Crippen LogP contribution in [-0.4, -0.2) is 27.6 Å². The molecule has 5 nitrogen and oxygen atoms in total. The lowest BCUT2D eigenvalue weighted by Gasteiger charge is -2.01. The number of hydrogen-bond acceptors (Lipinski definition) is 3. The molecule has 0 aliphatic rings. The van der Waals surface area contributed by atoms with E-state index in [9.17, 15) is 4.79 Å². The number of imidazole rings is 1. The Morgan fingerprint density at radius 1 is 1.56 bits per heavy atom. The van der Waals surface area contributed by atoms with Crippen LogP contribution in [0.4, 0.5) is 0 Å². The number of ether oxygens (including phenoxy) is 1. The smallest absolute Gasteiger partial charge is 0.354 e. The van der Waals surface area contributed by atoms with Crippen LogP contribution in [0.2, 0.25) is 0 Å². The maximum atomic E-state index is 11.2. The largest absolute Gasteiger partial charge is 0.495 e. The Kier molecular flexibility index (Phi) is 2.52. The van der Waals surface area contributed by atoms with Gasteiger partial charge >= 0.3 is 5.97 Å². The summed E-state index contributed by atoms with van der Waals surface area (Å²) in [6.45, 7) is 1.88. The van der Waals surface area contributed by atoms with E-state index >= 15 is 0 Å². The number of aryl methyl sites for hydroxylation is 1. The maximum absolute atomic E-state index is 11.2. The molecule has 0 saturated heterocycles. The first kappa shape index (κ1) is 10.5. The Hall–Kier alpha value is -2.04. The van der Waals surface area contributed by atoms with Gasteiger partial charge in [0.25, 0.3) is 0 Å². The number of carboxylic acids is 1. The number of hydrogen-bond donors (Lipinski definition) is 1. The lowest BCUT2D eigenvalue weighted by molar-refractivity contribution is 0.0688. The van der Waals surface area contributed by atoms with Crippen molar-refractivity contribution in [3.63, 3.8) is 0 Å². The molecule has 84 valence electrons. The molecule has 2 aromatic heterocycles. The van der Waals surface area contributed by atoms with Crippen LogP contribution in [-0.2, 0) is 6.42 Å². The van der Waals surface area contributed by atoms with Crippen molar-refractivity contribution in [1.82, 2.24) is 9.38 Å². The first-order chi connectivity index (χ1) is 7.67. The summed E-state index contributed by atoms with van der Waals surface area (Å²) in [5, 5.41) is 9.15. The van der Waals surface area contributed by atoms with Crippen LogP contribution in [0.3, 0.4) is 0 Å². The molecule has 2 rings (SSSR count). The van der Waals surface area contributed by atoms with Crippen LogP contribution in [0, 0.1) is 0 Å². The third-order valence-electron chi connectivity index (χ3n) is 2.44. The number of carbonyl (C=O) groups is 1. The van der Waals surface area contributed by atoms with E-state index in [-0.39, 0.29) is 5.69 Å². The minimum atomic E-state index is -0.974. The van der Waals surface area contributed by atoms with Crippen molar-refractivity contribution in [3.05, 3.63) is 29.7 Å². The van der Waals surface area contributed by atoms with Crippen molar-refractivity contribution in [1.29, 1.82) is 0 Å². The molecular weight excluding hydrogens is 208 g/mol. The van der Waals surface area contributed by atoms with Gasteiger partial charge in [0.2, 0.25) is 0 Å². The Morgan fingerprint density at radius 2 is 2.31 bits per heavy atom. The summed E-state index contributed by atoms with van der Waals surface area (Å²) in [7, 11) is 1.54. The van der Waals surface area contributed by atoms with Gasteiger partial charge in [0.1, 0.15) is 11.4 Å². The van der Waals surface area contributed by atoms with E-state index in [1.165, 1.54) is 0 Å². The maximum Gasteiger partial charge on any atom is 0.354 e. The van der Waals surface area contributed by atoms with Gasteiger partial charge in [0.15, 0.2) is 5.69 Å². The van der Waals surface area contributed by atoms with Gasteiger partial charge in [-0.2, -0.15) is 0 Å². The van der Waals surface area contributed by atoms with E-state index in [4.69, 9.17) is 9.84 Å². The van der Waals surface area contributed by atoms with E-state index in [1.807, 2.05) is 6.92 Å². The predicted octanol–water partition coefficient (Wildman–Crippen LogP) is 1.60. The average Bonchev–Trinajstić information content (AvgIpc) is 2.65. The number of pyridine rings is 1. The third-order valence-corrected chi connectivity index (χ3v) is 2.44. The summed E-state index contributed by atoms with van der Waals surface area (Å²) in [5.41, 5.74) is 1.41. The summed E-state index contributed by atoms with van der Waals surface area (Å²) in [6, 6.07) is 3.50. The van der Waals surface area contributed by atoms with E-state index in [2.05, 4.69) is 4.98 Å². The highest BCUT2D eigenvalue weighted by atomic mass is 16.5. The molecule has 0 saturated carbocycles. The first-order valence-corrected chi connectivity index (χ1v) is 4.95. The number of methoxy groups -OCH3 is 1. The highest BCUT2D eigenvalue weighted by Gasteiger charge is 2.17. The summed E-state index contributed by atoms with van der Waals surface area (Å²) in [6.07, 6.45) is 2.22. The van der Waals surface area contributed by atoms with Gasteiger partial charge in [0.05, 0.1) is 19.0 Å². The summed E-state index contributed by atoms with van der Waals surface area (Å²) in [4.78, 5) is 15.4. The SMILES string of the molecule is CCc1nc2ccc(OC)cn2c1C(=O)O. The lowest BCUT2D eigenvalue weighted by Crippen LogP contribution is -2.05. The number of aromatic nitrogens is 2. The Labute approximate surface area is 92.3 Å². The molecule has 0 unspecified atom stereocenters. The van der Waals surface area contributed by atoms with Crippen LogP contribution in [0.1, 0.15) is 23.1 Å². The fraction of sp³-hybridized carbons (Fsp3) is 0.273. The molecule has 0 amide bonds. The minimum Gasteiger partial charge on any atom is -0.495 e. The number of nitrogens with zero attached hydrogens (tertiary/aromatic N) is 2. The van der Waals surface area contributed by atoms with Crippen molar-refractivity contribution in [2.75, 3.05) is 7.11 Å². The predicted molar refractivity (Wildman–Crippen MR) is 58.1 cm³/mol. The van der Waals surface area contributed by atoms with Crippen LogP contribution < -0.4 is 4.74 Å². The molecule has 1 N–H and O–H groups in total. The molecule has 2 aromatic rings. The van der Waals surface area contributed by atoms with Crippen LogP contribution in [0.5, 0.6) is 5.75 Å². The summed E-state index contributed by atoms with van der Waals surface area (Å²) in [5.74, 6) is -0.368. The van der Waals surface area contributed by atoms with Gasteiger partial charge in [-0.15, -0.1) is 0 Å². The molecule has 0 atom stereocenters. The van der Waals surface area contributed by atoms with Crippen molar-refractivity contribution < 1.29 is 14.6 Å². The number of rotatable bonds is 3. The van der Waals surface area contributed by atoms with Gasteiger partial charge in [-0.05, 0) is 18.6 Å².